The molecule has 2 fully saturated rings. The zero-order chi connectivity index (χ0) is 13.9. The predicted molar refractivity (Wildman–Crippen MR) is 82.5 cm³/mol. The Morgan fingerprint density at radius 3 is 1.37 bits per heavy atom. The Morgan fingerprint density at radius 2 is 1.05 bits per heavy atom. The van der Waals surface area contributed by atoms with E-state index in [2.05, 4.69) is 13.8 Å². The summed E-state index contributed by atoms with van der Waals surface area (Å²) in [6, 6.07) is 0. The summed E-state index contributed by atoms with van der Waals surface area (Å²) in [6.07, 6.45) is 10.9. The molecule has 0 bridgehead atoms. The highest BCUT2D eigenvalue weighted by atomic mass is 28.4. The van der Waals surface area contributed by atoms with Gasteiger partial charge in [-0.2, -0.15) is 0 Å². The monoisotopic (exact) mass is 284 g/mol. The third-order valence-electron chi connectivity index (χ3n) is 5.89. The molecule has 0 radical (unpaired) electrons. The highest BCUT2D eigenvalue weighted by Crippen LogP contribution is 2.52. The molecule has 0 aromatic heterocycles. The summed E-state index contributed by atoms with van der Waals surface area (Å²) < 4.78 is 12.4. The van der Waals surface area contributed by atoms with Gasteiger partial charge >= 0.3 is 8.56 Å². The van der Waals surface area contributed by atoms with Crippen LogP contribution in [0.25, 0.3) is 0 Å². The van der Waals surface area contributed by atoms with E-state index in [-0.39, 0.29) is 0 Å². The highest BCUT2D eigenvalue weighted by Gasteiger charge is 2.54. The third kappa shape index (κ3) is 2.93. The van der Waals surface area contributed by atoms with Crippen molar-refractivity contribution in [1.29, 1.82) is 0 Å². The predicted octanol–water partition coefficient (Wildman–Crippen LogP) is 4.88. The lowest BCUT2D eigenvalue weighted by molar-refractivity contribution is 0.165. The molecule has 19 heavy (non-hydrogen) atoms. The zero-order valence-electron chi connectivity index (χ0n) is 13.3. The Bertz CT molecular complexity index is 254. The van der Waals surface area contributed by atoms with Gasteiger partial charge in [-0.1, -0.05) is 52.4 Å². The average Bonchev–Trinajstić information content (AvgIpc) is 2.44. The molecule has 0 aromatic rings. The normalized spacial score (nSPS) is 37.3. The molecule has 0 aliphatic heterocycles. The Balaban J connectivity index is 2.24. The summed E-state index contributed by atoms with van der Waals surface area (Å²) in [5.41, 5.74) is 1.42. The van der Waals surface area contributed by atoms with Crippen LogP contribution >= 0.6 is 0 Å². The Labute approximate surface area is 120 Å². The lowest BCUT2D eigenvalue weighted by Crippen LogP contribution is -2.54. The molecule has 2 rings (SSSR count). The standard InChI is InChI=1S/C16H32O2Si/c1-13-9-5-7-11-15(13)19(17-3,18-4)16-12-8-6-10-14(16)2/h13-16H,5-12H2,1-4H3. The molecule has 4 unspecified atom stereocenters. The van der Waals surface area contributed by atoms with Gasteiger partial charge in [0.2, 0.25) is 0 Å². The van der Waals surface area contributed by atoms with Crippen molar-refractivity contribution in [3.63, 3.8) is 0 Å². The number of hydrogen-bond acceptors (Lipinski definition) is 2. The maximum absolute atomic E-state index is 6.22. The quantitative estimate of drug-likeness (QED) is 0.685. The van der Waals surface area contributed by atoms with Crippen molar-refractivity contribution in [2.45, 2.75) is 76.3 Å². The van der Waals surface area contributed by atoms with Crippen LogP contribution in [0.5, 0.6) is 0 Å². The first-order valence-corrected chi connectivity index (χ1v) is 10.2. The summed E-state index contributed by atoms with van der Waals surface area (Å²) in [5, 5.41) is 0. The van der Waals surface area contributed by atoms with Crippen molar-refractivity contribution in [3.8, 4) is 0 Å². The Kier molecular flexibility index (Phi) is 5.50. The average molecular weight is 285 g/mol. The van der Waals surface area contributed by atoms with E-state index in [0.29, 0.717) is 11.1 Å². The second-order valence-corrected chi connectivity index (χ2v) is 10.6. The summed E-state index contributed by atoms with van der Waals surface area (Å²) in [4.78, 5) is 0. The van der Waals surface area contributed by atoms with Crippen molar-refractivity contribution in [2.24, 2.45) is 11.8 Å². The molecular formula is C16H32O2Si. The van der Waals surface area contributed by atoms with E-state index in [1.807, 2.05) is 14.2 Å². The third-order valence-corrected chi connectivity index (χ3v) is 11.0. The van der Waals surface area contributed by atoms with Gasteiger partial charge in [0.1, 0.15) is 0 Å². The lowest BCUT2D eigenvalue weighted by atomic mass is 9.89. The van der Waals surface area contributed by atoms with Gasteiger partial charge in [-0.3, -0.25) is 0 Å². The van der Waals surface area contributed by atoms with Gasteiger partial charge in [0.15, 0.2) is 0 Å². The van der Waals surface area contributed by atoms with E-state index in [4.69, 9.17) is 8.85 Å². The van der Waals surface area contributed by atoms with E-state index >= 15 is 0 Å². The van der Waals surface area contributed by atoms with E-state index in [9.17, 15) is 0 Å². The summed E-state index contributed by atoms with van der Waals surface area (Å²) >= 11 is 0. The second kappa shape index (κ2) is 6.73. The summed E-state index contributed by atoms with van der Waals surface area (Å²) in [7, 11) is 1.79. The minimum Gasteiger partial charge on any atom is -0.397 e. The molecule has 0 N–H and O–H groups in total. The molecule has 0 spiro atoms. The fourth-order valence-electron chi connectivity index (χ4n) is 4.79. The van der Waals surface area contributed by atoms with Crippen LogP contribution in [-0.4, -0.2) is 22.8 Å². The first kappa shape index (κ1) is 15.5. The smallest absolute Gasteiger partial charge is 0.344 e. The Morgan fingerprint density at radius 1 is 0.684 bits per heavy atom. The van der Waals surface area contributed by atoms with Crippen LogP contribution < -0.4 is 0 Å². The van der Waals surface area contributed by atoms with Crippen LogP contribution in [-0.2, 0) is 8.85 Å². The zero-order valence-corrected chi connectivity index (χ0v) is 14.3. The molecule has 0 saturated heterocycles. The van der Waals surface area contributed by atoms with Crippen molar-refractivity contribution < 1.29 is 8.85 Å². The molecule has 2 nitrogen and oxygen atoms in total. The van der Waals surface area contributed by atoms with Crippen LogP contribution in [0.3, 0.4) is 0 Å². The van der Waals surface area contributed by atoms with Crippen molar-refractivity contribution in [1.82, 2.24) is 0 Å². The molecule has 0 amide bonds. The molecule has 4 atom stereocenters. The maximum atomic E-state index is 6.22. The molecule has 3 heteroatoms. The lowest BCUT2D eigenvalue weighted by Gasteiger charge is -2.48. The van der Waals surface area contributed by atoms with Crippen molar-refractivity contribution in [2.75, 3.05) is 14.2 Å². The van der Waals surface area contributed by atoms with Gasteiger partial charge in [-0.05, 0) is 24.7 Å². The molecule has 2 aliphatic rings. The van der Waals surface area contributed by atoms with Crippen LogP contribution in [0.15, 0.2) is 0 Å². The Hall–Kier alpha value is 0.137. The van der Waals surface area contributed by atoms with E-state index < -0.39 is 8.56 Å². The van der Waals surface area contributed by atoms with E-state index in [0.717, 1.165) is 11.8 Å². The molecule has 2 aliphatic carbocycles. The van der Waals surface area contributed by atoms with Crippen LogP contribution in [0.1, 0.15) is 65.2 Å². The van der Waals surface area contributed by atoms with Gasteiger partial charge in [0.05, 0.1) is 0 Å². The summed E-state index contributed by atoms with van der Waals surface area (Å²) in [5.74, 6) is 1.57. The molecule has 0 heterocycles. The van der Waals surface area contributed by atoms with Crippen LogP contribution in [0.4, 0.5) is 0 Å². The topological polar surface area (TPSA) is 18.5 Å². The first-order chi connectivity index (χ1) is 9.15. The largest absolute Gasteiger partial charge is 0.397 e. The maximum Gasteiger partial charge on any atom is 0.344 e. The molecule has 0 aromatic carbocycles. The van der Waals surface area contributed by atoms with Gasteiger partial charge in [-0.15, -0.1) is 0 Å². The minimum atomic E-state index is -2.07. The van der Waals surface area contributed by atoms with Crippen LogP contribution in [0.2, 0.25) is 11.1 Å². The fourth-order valence-corrected chi connectivity index (χ4v) is 9.85. The van der Waals surface area contributed by atoms with Gasteiger partial charge < -0.3 is 8.85 Å². The number of hydrogen-bond donors (Lipinski definition) is 0. The number of rotatable bonds is 4. The first-order valence-electron chi connectivity index (χ1n) is 8.26. The minimum absolute atomic E-state index is 0.710. The van der Waals surface area contributed by atoms with Gasteiger partial charge in [0.25, 0.3) is 0 Å². The second-order valence-electron chi connectivity index (χ2n) is 6.87. The van der Waals surface area contributed by atoms with E-state index in [1.54, 1.807) is 0 Å². The molecule has 2 saturated carbocycles. The van der Waals surface area contributed by atoms with Crippen molar-refractivity contribution >= 4 is 8.56 Å². The van der Waals surface area contributed by atoms with Crippen LogP contribution in [0, 0.1) is 11.8 Å². The van der Waals surface area contributed by atoms with Gasteiger partial charge in [0, 0.05) is 25.3 Å². The molecular weight excluding hydrogens is 252 g/mol. The van der Waals surface area contributed by atoms with E-state index in [1.165, 1.54) is 51.4 Å². The molecule has 112 valence electrons. The highest BCUT2D eigenvalue weighted by molar-refractivity contribution is 6.70. The SMILES string of the molecule is CO[Si](OC)(C1CCCCC1C)C1CCCCC1C. The fraction of sp³-hybridized carbons (Fsp3) is 1.00. The summed E-state index contributed by atoms with van der Waals surface area (Å²) in [6.45, 7) is 4.86. The van der Waals surface area contributed by atoms with Gasteiger partial charge in [-0.25, -0.2) is 0 Å². The van der Waals surface area contributed by atoms with Crippen molar-refractivity contribution in [3.05, 3.63) is 0 Å².